The van der Waals surface area contributed by atoms with Crippen molar-refractivity contribution in [3.05, 3.63) is 54.2 Å². The van der Waals surface area contributed by atoms with Crippen molar-refractivity contribution in [2.75, 3.05) is 0 Å². The normalized spacial score (nSPS) is 23.7. The highest BCUT2D eigenvalue weighted by atomic mass is 16.5. The lowest BCUT2D eigenvalue weighted by molar-refractivity contribution is -0.0408. The summed E-state index contributed by atoms with van der Waals surface area (Å²) in [5, 5.41) is 6.39. The molecule has 1 N–H and O–H groups in total. The molecule has 0 spiro atoms. The molecule has 4 rings (SSSR count). The van der Waals surface area contributed by atoms with Crippen LogP contribution in [0.25, 0.3) is 21.7 Å². The largest absolute Gasteiger partial charge is 0.375 e. The second-order valence-electron chi connectivity index (χ2n) is 6.94. The van der Waals surface area contributed by atoms with Gasteiger partial charge in [-0.1, -0.05) is 30.3 Å². The number of carbonyl (C=O) groups excluding carboxylic acids is 1. The SMILES string of the molecule is C[C@H]1CC(NC(=O)c2cc3ccccc3c3cccnc23)C[C@H](C)O1. The van der Waals surface area contributed by atoms with Crippen molar-refractivity contribution >= 4 is 27.6 Å². The van der Waals surface area contributed by atoms with Gasteiger partial charge in [-0.25, -0.2) is 0 Å². The third-order valence-corrected chi connectivity index (χ3v) is 4.89. The Labute approximate surface area is 147 Å². The van der Waals surface area contributed by atoms with Crippen molar-refractivity contribution in [2.24, 2.45) is 0 Å². The van der Waals surface area contributed by atoms with E-state index in [0.29, 0.717) is 5.56 Å². The number of hydrogen-bond acceptors (Lipinski definition) is 3. The van der Waals surface area contributed by atoms with Gasteiger partial charge in [0.05, 0.1) is 23.3 Å². The van der Waals surface area contributed by atoms with Crippen LogP contribution >= 0.6 is 0 Å². The third kappa shape index (κ3) is 3.10. The highest BCUT2D eigenvalue weighted by molar-refractivity contribution is 6.15. The number of fused-ring (bicyclic) bond motifs is 3. The average Bonchev–Trinajstić information content (AvgIpc) is 2.60. The van der Waals surface area contributed by atoms with E-state index < -0.39 is 0 Å². The van der Waals surface area contributed by atoms with Crippen molar-refractivity contribution < 1.29 is 9.53 Å². The van der Waals surface area contributed by atoms with E-state index >= 15 is 0 Å². The first-order valence-electron chi connectivity index (χ1n) is 8.84. The second kappa shape index (κ2) is 6.45. The molecule has 3 aromatic rings. The molecule has 1 saturated heterocycles. The lowest BCUT2D eigenvalue weighted by Crippen LogP contribution is -2.44. The molecule has 2 aromatic carbocycles. The molecular formula is C21H22N2O2. The Kier molecular flexibility index (Phi) is 4.14. The zero-order valence-electron chi connectivity index (χ0n) is 14.5. The highest BCUT2D eigenvalue weighted by Gasteiger charge is 2.26. The summed E-state index contributed by atoms with van der Waals surface area (Å²) in [4.78, 5) is 17.5. The van der Waals surface area contributed by atoms with Crippen LogP contribution in [0.3, 0.4) is 0 Å². The van der Waals surface area contributed by atoms with Crippen molar-refractivity contribution in [1.29, 1.82) is 0 Å². The van der Waals surface area contributed by atoms with Gasteiger partial charge in [-0.2, -0.15) is 0 Å². The van der Waals surface area contributed by atoms with Crippen LogP contribution in [0.5, 0.6) is 0 Å². The molecule has 1 fully saturated rings. The van der Waals surface area contributed by atoms with Gasteiger partial charge in [-0.05, 0) is 49.6 Å². The number of aromatic nitrogens is 1. The summed E-state index contributed by atoms with van der Waals surface area (Å²) >= 11 is 0. The Bertz CT molecular complexity index is 927. The first kappa shape index (κ1) is 16.0. The maximum absolute atomic E-state index is 13.0. The second-order valence-corrected chi connectivity index (χ2v) is 6.94. The summed E-state index contributed by atoms with van der Waals surface area (Å²) in [6.07, 6.45) is 3.76. The van der Waals surface area contributed by atoms with Gasteiger partial charge in [0.25, 0.3) is 5.91 Å². The molecule has 1 aliphatic rings. The van der Waals surface area contributed by atoms with Crippen LogP contribution in [0.2, 0.25) is 0 Å². The minimum Gasteiger partial charge on any atom is -0.375 e. The van der Waals surface area contributed by atoms with Crippen LogP contribution in [-0.4, -0.2) is 29.1 Å². The van der Waals surface area contributed by atoms with Crippen molar-refractivity contribution in [2.45, 2.75) is 44.9 Å². The molecule has 2 heterocycles. The number of benzene rings is 2. The Balaban J connectivity index is 1.73. The lowest BCUT2D eigenvalue weighted by Gasteiger charge is -2.32. The van der Waals surface area contributed by atoms with Gasteiger partial charge in [0.15, 0.2) is 0 Å². The monoisotopic (exact) mass is 334 g/mol. The lowest BCUT2D eigenvalue weighted by atomic mass is 9.97. The fraction of sp³-hybridized carbons (Fsp3) is 0.333. The molecule has 0 bridgehead atoms. The number of carbonyl (C=O) groups is 1. The maximum atomic E-state index is 13.0. The van der Waals surface area contributed by atoms with E-state index in [2.05, 4.69) is 30.2 Å². The van der Waals surface area contributed by atoms with Crippen molar-refractivity contribution in [3.8, 4) is 0 Å². The number of nitrogens with zero attached hydrogens (tertiary/aromatic N) is 1. The minimum atomic E-state index is -0.0549. The van der Waals surface area contributed by atoms with Crippen LogP contribution in [0.1, 0.15) is 37.0 Å². The topological polar surface area (TPSA) is 51.2 Å². The Hall–Kier alpha value is -2.46. The molecule has 1 amide bonds. The third-order valence-electron chi connectivity index (χ3n) is 4.89. The molecule has 128 valence electrons. The van der Waals surface area contributed by atoms with Gasteiger partial charge in [0, 0.05) is 17.6 Å². The number of rotatable bonds is 2. The van der Waals surface area contributed by atoms with E-state index in [4.69, 9.17) is 4.74 Å². The summed E-state index contributed by atoms with van der Waals surface area (Å²) in [6.45, 7) is 4.11. The van der Waals surface area contributed by atoms with Crippen LogP contribution in [0.15, 0.2) is 48.7 Å². The zero-order chi connectivity index (χ0) is 17.4. The van der Waals surface area contributed by atoms with Gasteiger partial charge in [0.1, 0.15) is 0 Å². The molecule has 2 atom stereocenters. The zero-order valence-corrected chi connectivity index (χ0v) is 14.5. The predicted octanol–water partition coefficient (Wildman–Crippen LogP) is 4.07. The highest BCUT2D eigenvalue weighted by Crippen LogP contribution is 2.28. The summed E-state index contributed by atoms with van der Waals surface area (Å²) in [5.41, 5.74) is 1.40. The molecule has 25 heavy (non-hydrogen) atoms. The van der Waals surface area contributed by atoms with E-state index in [9.17, 15) is 4.79 Å². The van der Waals surface area contributed by atoms with Crippen LogP contribution in [0.4, 0.5) is 0 Å². The van der Waals surface area contributed by atoms with Crippen LogP contribution in [0, 0.1) is 0 Å². The first-order valence-corrected chi connectivity index (χ1v) is 8.84. The van der Waals surface area contributed by atoms with Gasteiger partial charge in [-0.3, -0.25) is 9.78 Å². The number of ether oxygens (including phenoxy) is 1. The number of hydrogen-bond donors (Lipinski definition) is 1. The summed E-state index contributed by atoms with van der Waals surface area (Å²) in [6, 6.07) is 14.1. The predicted molar refractivity (Wildman–Crippen MR) is 99.7 cm³/mol. The maximum Gasteiger partial charge on any atom is 0.253 e. The molecule has 0 radical (unpaired) electrons. The molecule has 0 unspecified atom stereocenters. The summed E-state index contributed by atoms with van der Waals surface area (Å²) in [7, 11) is 0. The molecule has 4 heteroatoms. The van der Waals surface area contributed by atoms with E-state index in [1.807, 2.05) is 36.4 Å². The van der Waals surface area contributed by atoms with Gasteiger partial charge < -0.3 is 10.1 Å². The Morgan fingerprint density at radius 1 is 1.08 bits per heavy atom. The van der Waals surface area contributed by atoms with Gasteiger partial charge in [0.2, 0.25) is 0 Å². The fourth-order valence-corrected chi connectivity index (χ4v) is 3.89. The van der Waals surface area contributed by atoms with Crippen LogP contribution in [-0.2, 0) is 4.74 Å². The number of amides is 1. The average molecular weight is 334 g/mol. The fourth-order valence-electron chi connectivity index (χ4n) is 3.89. The van der Waals surface area contributed by atoms with E-state index in [1.165, 1.54) is 0 Å². The van der Waals surface area contributed by atoms with E-state index in [-0.39, 0.29) is 24.2 Å². The molecule has 4 nitrogen and oxygen atoms in total. The quantitative estimate of drug-likeness (QED) is 0.719. The molecule has 1 aliphatic heterocycles. The molecular weight excluding hydrogens is 312 g/mol. The Morgan fingerprint density at radius 2 is 1.80 bits per heavy atom. The number of pyridine rings is 1. The standard InChI is InChI=1S/C21H22N2O2/c1-13-10-16(11-14(2)25-13)23-21(24)19-12-15-6-3-4-7-17(15)18-8-5-9-22-20(18)19/h3-9,12-14,16H,10-11H2,1-2H3,(H,23,24)/t13-,14-/m0/s1. The number of nitrogens with one attached hydrogen (secondary N) is 1. The summed E-state index contributed by atoms with van der Waals surface area (Å²) < 4.78 is 5.77. The Morgan fingerprint density at radius 3 is 2.60 bits per heavy atom. The minimum absolute atomic E-state index is 0.0549. The molecule has 0 aliphatic carbocycles. The van der Waals surface area contributed by atoms with Gasteiger partial charge >= 0.3 is 0 Å². The first-order chi connectivity index (χ1) is 12.1. The van der Waals surface area contributed by atoms with Crippen molar-refractivity contribution in [1.82, 2.24) is 10.3 Å². The molecule has 0 saturated carbocycles. The van der Waals surface area contributed by atoms with Crippen LogP contribution < -0.4 is 5.32 Å². The van der Waals surface area contributed by atoms with E-state index in [0.717, 1.165) is 34.5 Å². The molecule has 1 aromatic heterocycles. The smallest absolute Gasteiger partial charge is 0.253 e. The van der Waals surface area contributed by atoms with Crippen molar-refractivity contribution in [3.63, 3.8) is 0 Å². The summed E-state index contributed by atoms with van der Waals surface area (Å²) in [5.74, 6) is -0.0549. The van der Waals surface area contributed by atoms with E-state index in [1.54, 1.807) is 6.20 Å². The van der Waals surface area contributed by atoms with Gasteiger partial charge in [-0.15, -0.1) is 0 Å².